The Morgan fingerprint density at radius 2 is 2.27 bits per heavy atom. The molecule has 1 fully saturated rings. The second-order valence-electron chi connectivity index (χ2n) is 3.67. The molecule has 1 rings (SSSR count). The van der Waals surface area contributed by atoms with E-state index < -0.39 is 5.60 Å². The van der Waals surface area contributed by atoms with E-state index >= 15 is 0 Å². The monoisotopic (exact) mass is 158 g/mol. The highest BCUT2D eigenvalue weighted by molar-refractivity contribution is 4.75. The van der Waals surface area contributed by atoms with Gasteiger partial charge in [0.2, 0.25) is 0 Å². The molecule has 66 valence electrons. The molecule has 1 aliphatic rings. The molecule has 0 amide bonds. The summed E-state index contributed by atoms with van der Waals surface area (Å²) < 4.78 is 5.26. The van der Waals surface area contributed by atoms with Gasteiger partial charge in [-0.3, -0.25) is 0 Å². The summed E-state index contributed by atoms with van der Waals surface area (Å²) in [7, 11) is 0. The summed E-state index contributed by atoms with van der Waals surface area (Å²) in [5.41, 5.74) is -0.473. The Kier molecular flexibility index (Phi) is 2.90. The minimum absolute atomic E-state index is 0.438. The van der Waals surface area contributed by atoms with Crippen molar-refractivity contribution in [1.29, 1.82) is 0 Å². The summed E-state index contributed by atoms with van der Waals surface area (Å²) in [6.07, 6.45) is 4.34. The summed E-state index contributed by atoms with van der Waals surface area (Å²) in [4.78, 5) is 0. The van der Waals surface area contributed by atoms with E-state index in [0.717, 1.165) is 25.9 Å². The van der Waals surface area contributed by atoms with Crippen molar-refractivity contribution in [3.8, 4) is 0 Å². The molecule has 2 atom stereocenters. The SMILES string of the molecule is CCC(C)(O)CCC1CCO1. The van der Waals surface area contributed by atoms with E-state index in [4.69, 9.17) is 4.74 Å². The van der Waals surface area contributed by atoms with Gasteiger partial charge in [0, 0.05) is 6.61 Å². The lowest BCUT2D eigenvalue weighted by Gasteiger charge is -2.30. The van der Waals surface area contributed by atoms with Gasteiger partial charge in [-0.05, 0) is 32.6 Å². The Labute approximate surface area is 68.6 Å². The van der Waals surface area contributed by atoms with Crippen LogP contribution in [0.4, 0.5) is 0 Å². The van der Waals surface area contributed by atoms with Crippen LogP contribution in [0.5, 0.6) is 0 Å². The molecule has 0 aromatic rings. The van der Waals surface area contributed by atoms with Gasteiger partial charge in [0.1, 0.15) is 0 Å². The van der Waals surface area contributed by atoms with Crippen LogP contribution in [0.25, 0.3) is 0 Å². The Balaban J connectivity index is 2.09. The lowest BCUT2D eigenvalue weighted by Crippen LogP contribution is -2.31. The molecule has 2 nitrogen and oxygen atoms in total. The van der Waals surface area contributed by atoms with Crippen molar-refractivity contribution in [2.75, 3.05) is 6.61 Å². The summed E-state index contributed by atoms with van der Waals surface area (Å²) >= 11 is 0. The van der Waals surface area contributed by atoms with Crippen molar-refractivity contribution in [3.05, 3.63) is 0 Å². The minimum Gasteiger partial charge on any atom is -0.390 e. The summed E-state index contributed by atoms with van der Waals surface area (Å²) in [5, 5.41) is 9.64. The van der Waals surface area contributed by atoms with Crippen molar-refractivity contribution in [3.63, 3.8) is 0 Å². The van der Waals surface area contributed by atoms with Crippen LogP contribution in [-0.2, 0) is 4.74 Å². The van der Waals surface area contributed by atoms with Gasteiger partial charge >= 0.3 is 0 Å². The normalized spacial score (nSPS) is 29.2. The molecule has 11 heavy (non-hydrogen) atoms. The van der Waals surface area contributed by atoms with E-state index in [1.54, 1.807) is 0 Å². The average Bonchev–Trinajstić information content (AvgIpc) is 1.84. The first kappa shape index (κ1) is 9.01. The van der Waals surface area contributed by atoms with Crippen LogP contribution in [0, 0.1) is 0 Å². The van der Waals surface area contributed by atoms with E-state index in [0.29, 0.717) is 6.10 Å². The van der Waals surface area contributed by atoms with Crippen molar-refractivity contribution >= 4 is 0 Å². The molecule has 0 radical (unpaired) electrons. The molecular formula is C9H18O2. The lowest BCUT2D eigenvalue weighted by atomic mass is 9.93. The van der Waals surface area contributed by atoms with E-state index in [-0.39, 0.29) is 0 Å². The lowest BCUT2D eigenvalue weighted by molar-refractivity contribution is -0.0687. The number of hydrogen-bond donors (Lipinski definition) is 1. The Hall–Kier alpha value is -0.0800. The zero-order chi connectivity index (χ0) is 8.32. The Morgan fingerprint density at radius 1 is 1.64 bits per heavy atom. The maximum atomic E-state index is 9.64. The zero-order valence-corrected chi connectivity index (χ0v) is 7.47. The van der Waals surface area contributed by atoms with Crippen molar-refractivity contribution < 1.29 is 9.84 Å². The van der Waals surface area contributed by atoms with Crippen LogP contribution in [0.2, 0.25) is 0 Å². The molecule has 1 heterocycles. The van der Waals surface area contributed by atoms with Crippen molar-refractivity contribution in [2.24, 2.45) is 0 Å². The van der Waals surface area contributed by atoms with Crippen LogP contribution in [-0.4, -0.2) is 23.4 Å². The predicted molar refractivity (Wildman–Crippen MR) is 44.5 cm³/mol. The molecule has 1 N–H and O–H groups in total. The molecule has 0 spiro atoms. The summed E-state index contributed by atoms with van der Waals surface area (Å²) in [5.74, 6) is 0. The van der Waals surface area contributed by atoms with E-state index in [9.17, 15) is 5.11 Å². The van der Waals surface area contributed by atoms with Gasteiger partial charge in [-0.2, -0.15) is 0 Å². The number of aliphatic hydroxyl groups is 1. The highest BCUT2D eigenvalue weighted by Gasteiger charge is 2.23. The molecule has 0 aromatic carbocycles. The van der Waals surface area contributed by atoms with Gasteiger partial charge in [0.25, 0.3) is 0 Å². The minimum atomic E-state index is -0.473. The Bertz CT molecular complexity index is 117. The number of rotatable bonds is 4. The topological polar surface area (TPSA) is 29.5 Å². The standard InChI is InChI=1S/C9H18O2/c1-3-9(2,10)6-4-8-5-7-11-8/h8,10H,3-7H2,1-2H3. The van der Waals surface area contributed by atoms with Gasteiger partial charge in [0.15, 0.2) is 0 Å². The second kappa shape index (κ2) is 3.55. The van der Waals surface area contributed by atoms with Crippen LogP contribution in [0.3, 0.4) is 0 Å². The average molecular weight is 158 g/mol. The molecule has 0 aromatic heterocycles. The zero-order valence-electron chi connectivity index (χ0n) is 7.47. The smallest absolute Gasteiger partial charge is 0.0618 e. The van der Waals surface area contributed by atoms with Gasteiger partial charge < -0.3 is 9.84 Å². The fourth-order valence-electron chi connectivity index (χ4n) is 1.16. The molecule has 1 aliphatic heterocycles. The fraction of sp³-hybridized carbons (Fsp3) is 1.00. The highest BCUT2D eigenvalue weighted by atomic mass is 16.5. The van der Waals surface area contributed by atoms with Gasteiger partial charge in [-0.15, -0.1) is 0 Å². The largest absolute Gasteiger partial charge is 0.390 e. The van der Waals surface area contributed by atoms with Crippen LogP contribution in [0.1, 0.15) is 39.5 Å². The third-order valence-electron chi connectivity index (χ3n) is 2.56. The first-order valence-corrected chi connectivity index (χ1v) is 4.48. The van der Waals surface area contributed by atoms with Gasteiger partial charge in [-0.1, -0.05) is 6.92 Å². The molecule has 2 heteroatoms. The van der Waals surface area contributed by atoms with E-state index in [2.05, 4.69) is 0 Å². The molecule has 1 saturated heterocycles. The third kappa shape index (κ3) is 2.80. The Morgan fingerprint density at radius 3 is 2.64 bits per heavy atom. The van der Waals surface area contributed by atoms with E-state index in [1.807, 2.05) is 13.8 Å². The molecular weight excluding hydrogens is 140 g/mol. The van der Waals surface area contributed by atoms with Crippen LogP contribution >= 0.6 is 0 Å². The maximum absolute atomic E-state index is 9.64. The van der Waals surface area contributed by atoms with Crippen LogP contribution in [0.15, 0.2) is 0 Å². The maximum Gasteiger partial charge on any atom is 0.0618 e. The summed E-state index contributed by atoms with van der Waals surface area (Å²) in [6, 6.07) is 0. The first-order valence-electron chi connectivity index (χ1n) is 4.48. The fourth-order valence-corrected chi connectivity index (χ4v) is 1.16. The molecule has 0 aliphatic carbocycles. The van der Waals surface area contributed by atoms with Gasteiger partial charge in [0.05, 0.1) is 11.7 Å². The van der Waals surface area contributed by atoms with Crippen molar-refractivity contribution in [2.45, 2.75) is 51.2 Å². The quantitative estimate of drug-likeness (QED) is 0.675. The highest BCUT2D eigenvalue weighted by Crippen LogP contribution is 2.23. The third-order valence-corrected chi connectivity index (χ3v) is 2.56. The van der Waals surface area contributed by atoms with Gasteiger partial charge in [-0.25, -0.2) is 0 Å². The first-order chi connectivity index (χ1) is 5.14. The second-order valence-corrected chi connectivity index (χ2v) is 3.67. The number of hydrogen-bond acceptors (Lipinski definition) is 2. The number of ether oxygens (including phenoxy) is 1. The van der Waals surface area contributed by atoms with Crippen LogP contribution < -0.4 is 0 Å². The molecule has 0 bridgehead atoms. The van der Waals surface area contributed by atoms with E-state index in [1.165, 1.54) is 6.42 Å². The molecule has 0 saturated carbocycles. The summed E-state index contributed by atoms with van der Waals surface area (Å²) in [6.45, 7) is 4.83. The predicted octanol–water partition coefficient (Wildman–Crippen LogP) is 1.72. The van der Waals surface area contributed by atoms with Crippen molar-refractivity contribution in [1.82, 2.24) is 0 Å². The molecule has 2 unspecified atom stereocenters.